The second kappa shape index (κ2) is 13.6. The smallest absolute Gasteiger partial charge is 0.295 e. The van der Waals surface area contributed by atoms with Gasteiger partial charge in [0.2, 0.25) is 0 Å². The molecule has 0 aliphatic rings. The van der Waals surface area contributed by atoms with Crippen LogP contribution in [0.5, 0.6) is 0 Å². The highest BCUT2D eigenvalue weighted by Gasteiger charge is 2.29. The summed E-state index contributed by atoms with van der Waals surface area (Å²) >= 11 is 1.97. The Morgan fingerprint density at radius 1 is 0.776 bits per heavy atom. The van der Waals surface area contributed by atoms with Gasteiger partial charge in [0.05, 0.1) is 32.8 Å². The van der Waals surface area contributed by atoms with Gasteiger partial charge in [-0.2, -0.15) is 16.8 Å². The molecule has 0 radical (unpaired) electrons. The highest BCUT2D eigenvalue weighted by Crippen LogP contribution is 2.45. The Kier molecular flexibility index (Phi) is 10.1. The molecule has 260 valence electrons. The van der Waals surface area contributed by atoms with Gasteiger partial charge in [0.25, 0.3) is 20.2 Å². The van der Waals surface area contributed by atoms with Crippen molar-refractivity contribution in [3.8, 4) is 0 Å². The van der Waals surface area contributed by atoms with Gasteiger partial charge in [0.1, 0.15) is 16.5 Å². The van der Waals surface area contributed by atoms with E-state index in [1.54, 1.807) is 31.7 Å². The third kappa shape index (κ3) is 7.17. The maximum Gasteiger partial charge on any atom is 0.295 e. The minimum atomic E-state index is -4.64. The fraction of sp³-hybridized carbons (Fsp3) is 0.250. The molecule has 17 heteroatoms. The Morgan fingerprint density at radius 2 is 1.45 bits per heavy atom. The van der Waals surface area contributed by atoms with E-state index in [0.29, 0.717) is 43.8 Å². The van der Waals surface area contributed by atoms with Gasteiger partial charge in [-0.15, -0.1) is 4.33 Å². The summed E-state index contributed by atoms with van der Waals surface area (Å²) in [6.07, 6.45) is 0. The van der Waals surface area contributed by atoms with Gasteiger partial charge in [-0.1, -0.05) is 28.5 Å². The number of fused-ring (bicyclic) bond motifs is 1. The van der Waals surface area contributed by atoms with Crippen LogP contribution in [0.3, 0.4) is 0 Å². The molecule has 0 saturated heterocycles. The highest BCUT2D eigenvalue weighted by molar-refractivity contribution is 7.94. The summed E-state index contributed by atoms with van der Waals surface area (Å²) in [7, 11) is -9.14. The molecule has 0 spiro atoms. The van der Waals surface area contributed by atoms with Crippen molar-refractivity contribution in [3.63, 3.8) is 0 Å². The zero-order chi connectivity index (χ0) is 36.2. The Labute approximate surface area is 292 Å². The van der Waals surface area contributed by atoms with Gasteiger partial charge in [-0.3, -0.25) is 14.0 Å². The highest BCUT2D eigenvalue weighted by atomic mass is 32.2. The van der Waals surface area contributed by atoms with Crippen LogP contribution < -0.4 is 10.2 Å². The Morgan fingerprint density at radius 3 is 2.08 bits per heavy atom. The van der Waals surface area contributed by atoms with E-state index in [-0.39, 0.29) is 15.4 Å². The topological polar surface area (TPSA) is 188 Å². The lowest BCUT2D eigenvalue weighted by atomic mass is 10.0. The lowest BCUT2D eigenvalue weighted by Crippen LogP contribution is -2.18. The minimum absolute atomic E-state index is 0.250. The van der Waals surface area contributed by atoms with Gasteiger partial charge in [0, 0.05) is 10.6 Å². The summed E-state index contributed by atoms with van der Waals surface area (Å²) in [4.78, 5) is 11.7. The van der Waals surface area contributed by atoms with Crippen LogP contribution in [0.25, 0.3) is 10.2 Å². The molecule has 13 nitrogen and oxygen atoms in total. The van der Waals surface area contributed by atoms with Gasteiger partial charge in [0.15, 0.2) is 5.13 Å². The van der Waals surface area contributed by atoms with Crippen LogP contribution in [0.15, 0.2) is 51.1 Å². The lowest BCUT2D eigenvalue weighted by Gasteiger charge is -2.28. The minimum Gasteiger partial charge on any atom is -0.339 e. The van der Waals surface area contributed by atoms with E-state index in [1.807, 2.05) is 46.8 Å². The number of thiazole rings is 1. The molecule has 4 N–H and O–H groups in total. The first-order chi connectivity index (χ1) is 22.8. The zero-order valence-corrected chi connectivity index (χ0v) is 31.0. The largest absolute Gasteiger partial charge is 0.339 e. The maximum atomic E-state index is 12.6. The average molecular weight is 747 g/mol. The monoisotopic (exact) mass is 746 g/mol. The number of hydrogen-bond donors (Lipinski definition) is 4. The summed E-state index contributed by atoms with van der Waals surface area (Å²) in [5.41, 5.74) is 7.12. The van der Waals surface area contributed by atoms with Crippen LogP contribution in [-0.4, -0.2) is 41.2 Å². The van der Waals surface area contributed by atoms with Crippen molar-refractivity contribution in [1.29, 1.82) is 0 Å². The number of nitrogens with one attached hydrogen (secondary N) is 1. The SMILES string of the molecule is Cc1cc(N(c2nc3ccc(S(=O)(=O)O)cc3s2)c2c(C)cc(C)c(S(=O)(=O)O)c2C)nc(Nc2c(C)cc(C)c(SOOO)c2C)c1C. The van der Waals surface area contributed by atoms with Gasteiger partial charge < -0.3 is 5.32 Å². The Balaban J connectivity index is 1.79. The molecular formula is C32H34N4O9S4. The zero-order valence-electron chi connectivity index (χ0n) is 27.7. The third-order valence-electron chi connectivity index (χ3n) is 8.22. The first kappa shape index (κ1) is 36.6. The van der Waals surface area contributed by atoms with Crippen molar-refractivity contribution in [2.45, 2.75) is 70.1 Å². The summed E-state index contributed by atoms with van der Waals surface area (Å²) < 4.78 is 74.2. The van der Waals surface area contributed by atoms with E-state index in [1.165, 1.54) is 18.2 Å². The normalized spacial score (nSPS) is 12.1. The molecule has 0 amide bonds. The van der Waals surface area contributed by atoms with E-state index in [4.69, 9.17) is 19.6 Å². The van der Waals surface area contributed by atoms with Crippen LogP contribution in [-0.2, 0) is 29.6 Å². The standard InChI is InChI=1S/C32H34N4O9S4/c1-15-13-26(34-31(20(15)6)35-27-16(2)11-18(4)29(21(27)7)47-45-44-37)36(28-17(3)12-19(5)30(22(28)8)49(41,42)43)32-33-24-10-9-23(48(38,39)40)14-25(24)46-32/h9-14,37H,1-8H3,(H,34,35)(H,38,39,40)(H,41,42,43). The number of nitrogens with zero attached hydrogens (tertiary/aromatic N) is 3. The molecule has 0 unspecified atom stereocenters. The van der Waals surface area contributed by atoms with E-state index in [2.05, 4.69) is 10.4 Å². The van der Waals surface area contributed by atoms with E-state index >= 15 is 0 Å². The van der Waals surface area contributed by atoms with E-state index in [0.717, 1.165) is 61.8 Å². The summed E-state index contributed by atoms with van der Waals surface area (Å²) in [5.74, 6) is 0.836. The van der Waals surface area contributed by atoms with Gasteiger partial charge >= 0.3 is 0 Å². The number of anilines is 5. The number of aromatic nitrogens is 2. The number of hydrogen-bond acceptors (Lipinski definition) is 13. The molecule has 0 saturated carbocycles. The molecule has 0 aliphatic carbocycles. The maximum absolute atomic E-state index is 12.6. The number of pyridine rings is 1. The quantitative estimate of drug-likeness (QED) is 0.0462. The molecule has 0 atom stereocenters. The van der Waals surface area contributed by atoms with Crippen LogP contribution in [0.1, 0.15) is 44.5 Å². The van der Waals surface area contributed by atoms with E-state index < -0.39 is 20.2 Å². The van der Waals surface area contributed by atoms with Crippen molar-refractivity contribution in [2.75, 3.05) is 10.2 Å². The first-order valence-corrected chi connectivity index (χ1v) is 19.0. The molecule has 2 heterocycles. The average Bonchev–Trinajstić information content (AvgIpc) is 3.41. The second-order valence-electron chi connectivity index (χ2n) is 11.7. The predicted molar refractivity (Wildman–Crippen MR) is 190 cm³/mol. The molecule has 5 rings (SSSR count). The predicted octanol–water partition coefficient (Wildman–Crippen LogP) is 8.29. The third-order valence-corrected chi connectivity index (χ3v) is 12.1. The Hall–Kier alpha value is -3.65. The van der Waals surface area contributed by atoms with Crippen molar-refractivity contribution in [2.24, 2.45) is 0 Å². The summed E-state index contributed by atoms with van der Waals surface area (Å²) in [6, 6.07) is 9.46. The lowest BCUT2D eigenvalue weighted by molar-refractivity contribution is -0.432. The fourth-order valence-corrected chi connectivity index (χ4v) is 9.03. The molecule has 2 aromatic heterocycles. The summed E-state index contributed by atoms with van der Waals surface area (Å²) in [6.45, 7) is 14.5. The summed E-state index contributed by atoms with van der Waals surface area (Å²) in [5, 5.41) is 16.4. The van der Waals surface area contributed by atoms with Gasteiger partial charge in [-0.25, -0.2) is 15.2 Å². The van der Waals surface area contributed by atoms with Crippen molar-refractivity contribution < 1.29 is 40.6 Å². The number of benzene rings is 3. The second-order valence-corrected chi connectivity index (χ2v) is 16.2. The first-order valence-electron chi connectivity index (χ1n) is 14.6. The van der Waals surface area contributed by atoms with Crippen LogP contribution in [0.4, 0.5) is 28.1 Å². The van der Waals surface area contributed by atoms with Crippen LogP contribution in [0, 0.1) is 55.4 Å². The Bertz CT molecular complexity index is 2360. The van der Waals surface area contributed by atoms with Crippen LogP contribution in [0.2, 0.25) is 0 Å². The van der Waals surface area contributed by atoms with Crippen molar-refractivity contribution in [3.05, 3.63) is 80.9 Å². The fourth-order valence-electron chi connectivity index (χ4n) is 5.97. The van der Waals surface area contributed by atoms with Crippen LogP contribution >= 0.6 is 23.4 Å². The van der Waals surface area contributed by atoms with Gasteiger partial charge in [-0.05, 0) is 124 Å². The molecule has 0 fully saturated rings. The molecular weight excluding hydrogens is 713 g/mol. The molecule has 5 aromatic rings. The molecule has 0 bridgehead atoms. The van der Waals surface area contributed by atoms with Crippen molar-refractivity contribution >= 4 is 82.0 Å². The molecule has 0 aliphatic heterocycles. The molecule has 49 heavy (non-hydrogen) atoms. The number of aryl methyl sites for hydroxylation is 5. The van der Waals surface area contributed by atoms with Crippen molar-refractivity contribution in [1.82, 2.24) is 9.97 Å². The molecule has 3 aromatic carbocycles. The van der Waals surface area contributed by atoms with E-state index in [9.17, 15) is 25.9 Å². The number of rotatable bonds is 10.